The molecule has 0 radical (unpaired) electrons. The molecule has 0 saturated heterocycles. The topological polar surface area (TPSA) is 64.0 Å². The van der Waals surface area contributed by atoms with Crippen molar-refractivity contribution in [1.82, 2.24) is 9.78 Å². The molecule has 1 amide bonds. The molecular formula is C24H16F3N3O2. The predicted octanol–water partition coefficient (Wildman–Crippen LogP) is 4.88. The van der Waals surface area contributed by atoms with Gasteiger partial charge in [-0.2, -0.15) is 5.10 Å². The van der Waals surface area contributed by atoms with Gasteiger partial charge in [0.1, 0.15) is 23.1 Å². The number of aromatic nitrogens is 2. The van der Waals surface area contributed by atoms with Crippen molar-refractivity contribution >= 4 is 11.6 Å². The van der Waals surface area contributed by atoms with Crippen LogP contribution in [0.4, 0.5) is 18.9 Å². The van der Waals surface area contributed by atoms with E-state index < -0.39 is 34.5 Å². The zero-order chi connectivity index (χ0) is 22.8. The van der Waals surface area contributed by atoms with Gasteiger partial charge in [-0.25, -0.2) is 17.9 Å². The molecule has 0 spiro atoms. The fraction of sp³-hybridized carbons (Fsp3) is 0.0417. The van der Waals surface area contributed by atoms with Crippen LogP contribution in [0.2, 0.25) is 0 Å². The fourth-order valence-corrected chi connectivity index (χ4v) is 3.29. The summed E-state index contributed by atoms with van der Waals surface area (Å²) < 4.78 is 43.9. The summed E-state index contributed by atoms with van der Waals surface area (Å²) in [5.74, 6) is -3.45. The minimum absolute atomic E-state index is 0.0389. The lowest BCUT2D eigenvalue weighted by Crippen LogP contribution is -2.27. The molecule has 0 aliphatic rings. The molecule has 32 heavy (non-hydrogen) atoms. The SMILES string of the molecule is Cc1cc(=O)c(C(=O)Nc2c(F)cc(F)cc2-c2ccccc2)nn1-c1ccccc1F. The highest BCUT2D eigenvalue weighted by Crippen LogP contribution is 2.31. The lowest BCUT2D eigenvalue weighted by Gasteiger charge is -2.14. The third kappa shape index (κ3) is 4.02. The molecule has 1 aromatic heterocycles. The van der Waals surface area contributed by atoms with Crippen LogP contribution in [0, 0.1) is 24.4 Å². The lowest BCUT2D eigenvalue weighted by molar-refractivity contribution is 0.101. The van der Waals surface area contributed by atoms with Crippen LogP contribution in [0.15, 0.2) is 77.6 Å². The maximum Gasteiger partial charge on any atom is 0.280 e. The molecule has 1 N–H and O–H groups in total. The quantitative estimate of drug-likeness (QED) is 0.497. The van der Waals surface area contributed by atoms with Gasteiger partial charge in [0.15, 0.2) is 5.69 Å². The standard InChI is InChI=1S/C24H16F3N3O2/c1-14-11-21(31)23(29-30(14)20-10-6-5-9-18(20)26)24(32)28-22-17(12-16(25)13-19(22)27)15-7-3-2-4-8-15/h2-13H,1H3,(H,28,32). The zero-order valence-electron chi connectivity index (χ0n) is 16.8. The molecule has 0 unspecified atom stereocenters. The Kier molecular flexibility index (Phi) is 5.59. The van der Waals surface area contributed by atoms with Gasteiger partial charge in [-0.3, -0.25) is 9.59 Å². The lowest BCUT2D eigenvalue weighted by atomic mass is 10.0. The molecule has 1 heterocycles. The van der Waals surface area contributed by atoms with Crippen molar-refractivity contribution in [3.63, 3.8) is 0 Å². The van der Waals surface area contributed by atoms with E-state index in [4.69, 9.17) is 0 Å². The third-order valence-electron chi connectivity index (χ3n) is 4.78. The van der Waals surface area contributed by atoms with E-state index >= 15 is 0 Å². The van der Waals surface area contributed by atoms with Crippen LogP contribution in [-0.4, -0.2) is 15.7 Å². The van der Waals surface area contributed by atoms with Gasteiger partial charge in [-0.15, -0.1) is 0 Å². The van der Waals surface area contributed by atoms with E-state index in [1.54, 1.807) is 36.4 Å². The maximum atomic E-state index is 14.6. The van der Waals surface area contributed by atoms with E-state index in [-0.39, 0.29) is 16.9 Å². The Labute approximate surface area is 180 Å². The normalized spacial score (nSPS) is 10.8. The number of nitrogens with one attached hydrogen (secondary N) is 1. The Morgan fingerprint density at radius 1 is 0.906 bits per heavy atom. The highest BCUT2D eigenvalue weighted by atomic mass is 19.1. The summed E-state index contributed by atoms with van der Waals surface area (Å²) in [5.41, 5.74) is -0.703. The zero-order valence-corrected chi connectivity index (χ0v) is 16.8. The highest BCUT2D eigenvalue weighted by molar-refractivity contribution is 6.05. The summed E-state index contributed by atoms with van der Waals surface area (Å²) >= 11 is 0. The minimum Gasteiger partial charge on any atom is -0.317 e. The van der Waals surface area contributed by atoms with E-state index in [9.17, 15) is 22.8 Å². The largest absolute Gasteiger partial charge is 0.317 e. The summed E-state index contributed by atoms with van der Waals surface area (Å²) in [7, 11) is 0. The molecule has 160 valence electrons. The average molecular weight is 435 g/mol. The monoisotopic (exact) mass is 435 g/mol. The van der Waals surface area contributed by atoms with Crippen LogP contribution in [0.3, 0.4) is 0 Å². The molecule has 3 aromatic carbocycles. The first-order valence-electron chi connectivity index (χ1n) is 9.57. The van der Waals surface area contributed by atoms with Gasteiger partial charge >= 0.3 is 0 Å². The van der Waals surface area contributed by atoms with E-state index in [1.165, 1.54) is 25.1 Å². The average Bonchev–Trinajstić information content (AvgIpc) is 2.76. The highest BCUT2D eigenvalue weighted by Gasteiger charge is 2.21. The Morgan fingerprint density at radius 3 is 2.31 bits per heavy atom. The van der Waals surface area contributed by atoms with Gasteiger partial charge in [-0.05, 0) is 30.7 Å². The number of halogens is 3. The van der Waals surface area contributed by atoms with Crippen molar-refractivity contribution in [1.29, 1.82) is 0 Å². The number of aryl methyl sites for hydroxylation is 1. The minimum atomic E-state index is -1.02. The van der Waals surface area contributed by atoms with Gasteiger partial charge in [0, 0.05) is 23.4 Å². The molecule has 0 aliphatic heterocycles. The van der Waals surface area contributed by atoms with Gasteiger partial charge in [0.05, 0.1) is 5.69 Å². The van der Waals surface area contributed by atoms with Crippen LogP contribution >= 0.6 is 0 Å². The number of amides is 1. The Hall–Kier alpha value is -4.20. The van der Waals surface area contributed by atoms with E-state index in [1.807, 2.05) is 0 Å². The number of para-hydroxylation sites is 1. The summed E-state index contributed by atoms with van der Waals surface area (Å²) in [6.07, 6.45) is 0. The molecule has 0 fully saturated rings. The number of hydrogen-bond acceptors (Lipinski definition) is 3. The molecule has 4 rings (SSSR count). The van der Waals surface area contributed by atoms with Crippen molar-refractivity contribution in [2.75, 3.05) is 5.32 Å². The number of nitrogens with zero attached hydrogens (tertiary/aromatic N) is 2. The number of benzene rings is 3. The Bertz CT molecular complexity index is 1390. The van der Waals surface area contributed by atoms with Crippen LogP contribution in [-0.2, 0) is 0 Å². The first-order chi connectivity index (χ1) is 15.3. The van der Waals surface area contributed by atoms with Crippen LogP contribution in [0.1, 0.15) is 16.2 Å². The van der Waals surface area contributed by atoms with Crippen LogP contribution < -0.4 is 10.7 Å². The Morgan fingerprint density at radius 2 is 1.59 bits per heavy atom. The van der Waals surface area contributed by atoms with Crippen molar-refractivity contribution in [3.8, 4) is 16.8 Å². The van der Waals surface area contributed by atoms with Gasteiger partial charge < -0.3 is 5.32 Å². The Balaban J connectivity index is 1.79. The van der Waals surface area contributed by atoms with Crippen molar-refractivity contribution < 1.29 is 18.0 Å². The van der Waals surface area contributed by atoms with E-state index in [2.05, 4.69) is 10.4 Å². The van der Waals surface area contributed by atoms with Crippen LogP contribution in [0.5, 0.6) is 0 Å². The first-order valence-corrected chi connectivity index (χ1v) is 9.57. The van der Waals surface area contributed by atoms with Crippen LogP contribution in [0.25, 0.3) is 16.8 Å². The molecule has 8 heteroatoms. The van der Waals surface area contributed by atoms with E-state index in [0.29, 0.717) is 17.3 Å². The number of hydrogen-bond donors (Lipinski definition) is 1. The van der Waals surface area contributed by atoms with Gasteiger partial charge in [0.2, 0.25) is 5.43 Å². The fourth-order valence-electron chi connectivity index (χ4n) is 3.29. The molecule has 0 atom stereocenters. The summed E-state index contributed by atoms with van der Waals surface area (Å²) in [6.45, 7) is 1.54. The summed E-state index contributed by atoms with van der Waals surface area (Å²) in [6, 6.07) is 16.9. The smallest absolute Gasteiger partial charge is 0.280 e. The molecule has 4 aromatic rings. The maximum absolute atomic E-state index is 14.6. The third-order valence-corrected chi connectivity index (χ3v) is 4.78. The second-order valence-corrected chi connectivity index (χ2v) is 6.99. The molecule has 5 nitrogen and oxygen atoms in total. The van der Waals surface area contributed by atoms with Crippen molar-refractivity contribution in [3.05, 3.63) is 112 Å². The number of anilines is 1. The van der Waals surface area contributed by atoms with Gasteiger partial charge in [-0.1, -0.05) is 42.5 Å². The van der Waals surface area contributed by atoms with E-state index in [0.717, 1.165) is 16.8 Å². The molecule has 0 saturated carbocycles. The molecular weight excluding hydrogens is 419 g/mol. The first kappa shape index (κ1) is 21.0. The molecule has 0 aliphatic carbocycles. The number of carbonyl (C=O) groups is 1. The second-order valence-electron chi connectivity index (χ2n) is 6.99. The number of carbonyl (C=O) groups excluding carboxylic acids is 1. The van der Waals surface area contributed by atoms with Gasteiger partial charge in [0.25, 0.3) is 5.91 Å². The number of rotatable bonds is 4. The van der Waals surface area contributed by atoms with Crippen molar-refractivity contribution in [2.45, 2.75) is 6.92 Å². The summed E-state index contributed by atoms with van der Waals surface area (Å²) in [5, 5.41) is 6.33. The predicted molar refractivity (Wildman–Crippen MR) is 114 cm³/mol. The van der Waals surface area contributed by atoms with Crippen molar-refractivity contribution in [2.24, 2.45) is 0 Å². The summed E-state index contributed by atoms with van der Waals surface area (Å²) in [4.78, 5) is 25.3. The molecule has 0 bridgehead atoms. The second kappa shape index (κ2) is 8.50.